The Kier molecular flexibility index (Phi) is 3.50. The van der Waals surface area contributed by atoms with E-state index in [1.165, 1.54) is 0 Å². The molecule has 0 unspecified atom stereocenters. The lowest BCUT2D eigenvalue weighted by Gasteiger charge is -2.05. The molecule has 0 saturated carbocycles. The summed E-state index contributed by atoms with van der Waals surface area (Å²) in [5.74, 6) is 0.546. The van der Waals surface area contributed by atoms with Gasteiger partial charge in [0.05, 0.1) is 5.69 Å². The second kappa shape index (κ2) is 4.65. The van der Waals surface area contributed by atoms with Crippen LogP contribution in [0.15, 0.2) is 35.1 Å². The molecule has 0 heterocycles. The Morgan fingerprint density at radius 3 is 2.62 bits per heavy atom. The molecule has 0 radical (unpaired) electrons. The minimum atomic E-state index is 0.0469. The van der Waals surface area contributed by atoms with E-state index in [0.29, 0.717) is 11.6 Å². The molecular formula is C11H15NO. The van der Waals surface area contributed by atoms with Crippen molar-refractivity contribution in [3.63, 3.8) is 0 Å². The van der Waals surface area contributed by atoms with E-state index >= 15 is 0 Å². The van der Waals surface area contributed by atoms with Crippen molar-refractivity contribution in [2.24, 2.45) is 5.92 Å². The average molecular weight is 177 g/mol. The maximum atomic E-state index is 11.4. The highest BCUT2D eigenvalue weighted by molar-refractivity contribution is 5.41. The molecule has 0 aliphatic heterocycles. The van der Waals surface area contributed by atoms with Crippen molar-refractivity contribution < 1.29 is 0 Å². The van der Waals surface area contributed by atoms with Crippen molar-refractivity contribution in [1.82, 2.24) is 0 Å². The van der Waals surface area contributed by atoms with Gasteiger partial charge in [0, 0.05) is 6.54 Å². The van der Waals surface area contributed by atoms with Crippen LogP contribution in [-0.2, 0) is 0 Å². The molecule has 2 heteroatoms. The molecule has 1 aromatic rings. The van der Waals surface area contributed by atoms with Crippen LogP contribution in [0.3, 0.4) is 0 Å². The van der Waals surface area contributed by atoms with Crippen molar-refractivity contribution >= 4 is 5.69 Å². The quantitative estimate of drug-likeness (QED) is 0.766. The minimum absolute atomic E-state index is 0.0469. The summed E-state index contributed by atoms with van der Waals surface area (Å²) in [6.45, 7) is 5.06. The van der Waals surface area contributed by atoms with E-state index < -0.39 is 0 Å². The molecule has 0 saturated heterocycles. The molecule has 1 aromatic carbocycles. The second-order valence-electron chi connectivity index (χ2n) is 3.46. The zero-order valence-corrected chi connectivity index (χ0v) is 8.08. The Balaban J connectivity index is 2.78. The monoisotopic (exact) mass is 177 g/mol. The summed E-state index contributed by atoms with van der Waals surface area (Å²) in [6.07, 6.45) is 0. The molecule has 0 bridgehead atoms. The summed E-state index contributed by atoms with van der Waals surface area (Å²) in [5, 5.41) is 3.12. The molecule has 0 amide bonds. The van der Waals surface area contributed by atoms with Crippen LogP contribution in [-0.4, -0.2) is 6.54 Å². The number of hydrogen-bond donors (Lipinski definition) is 1. The molecule has 13 heavy (non-hydrogen) atoms. The highest BCUT2D eigenvalue weighted by atomic mass is 16.1. The Bertz CT molecular complexity index is 320. The molecular weight excluding hydrogens is 162 g/mol. The van der Waals surface area contributed by atoms with Gasteiger partial charge in [-0.3, -0.25) is 4.79 Å². The molecule has 0 aromatic heterocycles. The maximum absolute atomic E-state index is 11.4. The molecule has 0 atom stereocenters. The van der Waals surface area contributed by atoms with E-state index in [-0.39, 0.29) is 5.43 Å². The van der Waals surface area contributed by atoms with Crippen LogP contribution in [0.2, 0.25) is 0 Å². The van der Waals surface area contributed by atoms with E-state index in [0.717, 1.165) is 6.54 Å². The summed E-state index contributed by atoms with van der Waals surface area (Å²) in [7, 11) is 0. The third-order valence-corrected chi connectivity index (χ3v) is 1.70. The van der Waals surface area contributed by atoms with E-state index in [1.54, 1.807) is 12.1 Å². The van der Waals surface area contributed by atoms with Crippen LogP contribution < -0.4 is 10.7 Å². The molecule has 1 rings (SSSR count). The first-order valence-corrected chi connectivity index (χ1v) is 4.53. The van der Waals surface area contributed by atoms with Gasteiger partial charge in [-0.2, -0.15) is 0 Å². The average Bonchev–Trinajstić information content (AvgIpc) is 2.27. The third kappa shape index (κ3) is 3.28. The minimum Gasteiger partial charge on any atom is -0.382 e. The maximum Gasteiger partial charge on any atom is 0.201 e. The zero-order chi connectivity index (χ0) is 9.68. The van der Waals surface area contributed by atoms with Gasteiger partial charge in [0.15, 0.2) is 0 Å². The normalized spacial score (nSPS) is 10.1. The van der Waals surface area contributed by atoms with Crippen LogP contribution in [0.25, 0.3) is 0 Å². The molecule has 0 fully saturated rings. The van der Waals surface area contributed by atoms with Crippen LogP contribution in [0.5, 0.6) is 0 Å². The van der Waals surface area contributed by atoms with E-state index in [9.17, 15) is 4.79 Å². The SMILES string of the molecule is CC(C)CNc1cccccc1=O. The lowest BCUT2D eigenvalue weighted by molar-refractivity contribution is 0.688. The summed E-state index contributed by atoms with van der Waals surface area (Å²) in [5.41, 5.74) is 0.726. The van der Waals surface area contributed by atoms with Gasteiger partial charge < -0.3 is 5.32 Å². The Morgan fingerprint density at radius 2 is 1.92 bits per heavy atom. The van der Waals surface area contributed by atoms with E-state index in [4.69, 9.17) is 0 Å². The Morgan fingerprint density at radius 1 is 1.23 bits per heavy atom. The van der Waals surface area contributed by atoms with Crippen molar-refractivity contribution in [3.05, 3.63) is 40.6 Å². The molecule has 0 aliphatic carbocycles. The summed E-state index contributed by atoms with van der Waals surface area (Å²) in [6, 6.07) is 8.85. The fourth-order valence-corrected chi connectivity index (χ4v) is 0.991. The van der Waals surface area contributed by atoms with Gasteiger partial charge in [-0.1, -0.05) is 32.0 Å². The predicted molar refractivity (Wildman–Crippen MR) is 56.0 cm³/mol. The van der Waals surface area contributed by atoms with Crippen LogP contribution >= 0.6 is 0 Å². The van der Waals surface area contributed by atoms with E-state index in [2.05, 4.69) is 19.2 Å². The largest absolute Gasteiger partial charge is 0.382 e. The standard InChI is InChI=1S/C11H15NO/c1-9(2)8-12-10-6-4-3-5-7-11(10)13/h3-7,9H,8H2,1-2H3,(H,12,13). The lowest BCUT2D eigenvalue weighted by Crippen LogP contribution is -2.13. The van der Waals surface area contributed by atoms with Crippen molar-refractivity contribution in [1.29, 1.82) is 0 Å². The van der Waals surface area contributed by atoms with E-state index in [1.807, 2.05) is 18.2 Å². The summed E-state index contributed by atoms with van der Waals surface area (Å²) in [4.78, 5) is 11.4. The second-order valence-corrected chi connectivity index (χ2v) is 3.46. The first kappa shape index (κ1) is 9.78. The topological polar surface area (TPSA) is 29.1 Å². The number of anilines is 1. The fourth-order valence-electron chi connectivity index (χ4n) is 0.991. The van der Waals surface area contributed by atoms with Gasteiger partial charge in [-0.25, -0.2) is 0 Å². The van der Waals surface area contributed by atoms with Crippen molar-refractivity contribution in [3.8, 4) is 0 Å². The number of nitrogens with one attached hydrogen (secondary N) is 1. The lowest BCUT2D eigenvalue weighted by atomic mass is 10.2. The molecule has 1 N–H and O–H groups in total. The molecule has 0 spiro atoms. The highest BCUT2D eigenvalue weighted by Crippen LogP contribution is 1.99. The summed E-state index contributed by atoms with van der Waals surface area (Å²) < 4.78 is 0. The fraction of sp³-hybridized carbons (Fsp3) is 0.364. The van der Waals surface area contributed by atoms with Crippen LogP contribution in [0, 0.1) is 5.92 Å². The van der Waals surface area contributed by atoms with Gasteiger partial charge >= 0.3 is 0 Å². The van der Waals surface area contributed by atoms with Crippen LogP contribution in [0.4, 0.5) is 5.69 Å². The van der Waals surface area contributed by atoms with Gasteiger partial charge in [0.25, 0.3) is 0 Å². The predicted octanol–water partition coefficient (Wildman–Crippen LogP) is 2.11. The van der Waals surface area contributed by atoms with Crippen LogP contribution in [0.1, 0.15) is 13.8 Å². The Labute approximate surface area is 78.6 Å². The molecule has 0 aliphatic rings. The highest BCUT2D eigenvalue weighted by Gasteiger charge is 1.96. The third-order valence-electron chi connectivity index (χ3n) is 1.70. The first-order chi connectivity index (χ1) is 6.20. The van der Waals surface area contributed by atoms with Gasteiger partial charge in [0.2, 0.25) is 5.43 Å². The van der Waals surface area contributed by atoms with Crippen molar-refractivity contribution in [2.45, 2.75) is 13.8 Å². The number of rotatable bonds is 3. The smallest absolute Gasteiger partial charge is 0.201 e. The zero-order valence-electron chi connectivity index (χ0n) is 8.08. The van der Waals surface area contributed by atoms with Gasteiger partial charge in [0.1, 0.15) is 0 Å². The summed E-state index contributed by atoms with van der Waals surface area (Å²) >= 11 is 0. The molecule has 70 valence electrons. The van der Waals surface area contributed by atoms with Crippen molar-refractivity contribution in [2.75, 3.05) is 11.9 Å². The molecule has 2 nitrogen and oxygen atoms in total. The number of hydrogen-bond acceptors (Lipinski definition) is 2. The Hall–Kier alpha value is -1.31. The van der Waals surface area contributed by atoms with Gasteiger partial charge in [-0.15, -0.1) is 0 Å². The van der Waals surface area contributed by atoms with Gasteiger partial charge in [-0.05, 0) is 18.1 Å². The first-order valence-electron chi connectivity index (χ1n) is 4.53.